The molecule has 0 fully saturated rings. The number of ether oxygens (including phenoxy) is 1. The standard InChI is InChI=1S/C22H25ClFN3O4S2/c1-26(2)12-4-13-27(22-25-20-18(31-3)10-9-17(23)21(20)32-22)19(28)11-14-33(29,30)16-7-5-15(24)6-8-16/h5-10H,4,11-14H2,1-3H3. The number of hydrogen-bond donors (Lipinski definition) is 0. The molecule has 0 aliphatic carbocycles. The van der Waals surface area contributed by atoms with E-state index in [1.165, 1.54) is 35.5 Å². The zero-order valence-corrected chi connectivity index (χ0v) is 20.9. The van der Waals surface area contributed by atoms with E-state index in [4.69, 9.17) is 16.3 Å². The monoisotopic (exact) mass is 513 g/mol. The Labute approximate surface area is 201 Å². The van der Waals surface area contributed by atoms with Gasteiger partial charge in [-0.15, -0.1) is 0 Å². The van der Waals surface area contributed by atoms with E-state index < -0.39 is 21.4 Å². The zero-order chi connectivity index (χ0) is 24.2. The summed E-state index contributed by atoms with van der Waals surface area (Å²) >= 11 is 7.59. The van der Waals surface area contributed by atoms with E-state index >= 15 is 0 Å². The summed E-state index contributed by atoms with van der Waals surface area (Å²) < 4.78 is 44.5. The molecule has 33 heavy (non-hydrogen) atoms. The van der Waals surface area contributed by atoms with Gasteiger partial charge in [0.15, 0.2) is 15.0 Å². The quantitative estimate of drug-likeness (QED) is 0.377. The summed E-state index contributed by atoms with van der Waals surface area (Å²) in [6, 6.07) is 7.98. The molecule has 2 aromatic carbocycles. The van der Waals surface area contributed by atoms with E-state index in [0.29, 0.717) is 39.1 Å². The Morgan fingerprint density at radius 1 is 1.15 bits per heavy atom. The van der Waals surface area contributed by atoms with E-state index in [-0.39, 0.29) is 17.2 Å². The summed E-state index contributed by atoms with van der Waals surface area (Å²) in [6.07, 6.45) is 0.437. The lowest BCUT2D eigenvalue weighted by Gasteiger charge is -2.21. The molecule has 1 heterocycles. The minimum atomic E-state index is -3.74. The van der Waals surface area contributed by atoms with Crippen molar-refractivity contribution in [2.75, 3.05) is 44.9 Å². The van der Waals surface area contributed by atoms with Gasteiger partial charge in [0.1, 0.15) is 17.1 Å². The van der Waals surface area contributed by atoms with Crippen LogP contribution in [0.1, 0.15) is 12.8 Å². The van der Waals surface area contributed by atoms with Crippen molar-refractivity contribution in [3.63, 3.8) is 0 Å². The first kappa shape index (κ1) is 25.4. The smallest absolute Gasteiger partial charge is 0.229 e. The molecule has 11 heteroatoms. The van der Waals surface area contributed by atoms with Gasteiger partial charge in [-0.1, -0.05) is 22.9 Å². The number of carbonyl (C=O) groups excluding carboxylic acids is 1. The first-order chi connectivity index (χ1) is 15.6. The first-order valence-electron chi connectivity index (χ1n) is 10.2. The van der Waals surface area contributed by atoms with Crippen molar-refractivity contribution >= 4 is 54.0 Å². The molecule has 1 amide bonds. The molecule has 0 aliphatic heterocycles. The Bertz CT molecular complexity index is 1230. The third kappa shape index (κ3) is 6.20. The number of fused-ring (bicyclic) bond motifs is 1. The summed E-state index contributed by atoms with van der Waals surface area (Å²) in [5, 5.41) is 0.925. The normalized spacial score (nSPS) is 11.8. The highest BCUT2D eigenvalue weighted by atomic mass is 35.5. The fourth-order valence-electron chi connectivity index (χ4n) is 3.21. The van der Waals surface area contributed by atoms with Gasteiger partial charge in [0.25, 0.3) is 0 Å². The van der Waals surface area contributed by atoms with Crippen LogP contribution in [0.4, 0.5) is 9.52 Å². The Kier molecular flexibility index (Phi) is 8.28. The van der Waals surface area contributed by atoms with Crippen molar-refractivity contribution in [1.82, 2.24) is 9.88 Å². The molecule has 1 aromatic heterocycles. The number of sulfone groups is 1. The van der Waals surface area contributed by atoms with Crippen LogP contribution in [0.3, 0.4) is 0 Å². The zero-order valence-electron chi connectivity index (χ0n) is 18.5. The second kappa shape index (κ2) is 10.8. The molecular weight excluding hydrogens is 489 g/mol. The molecule has 0 bridgehead atoms. The van der Waals surface area contributed by atoms with Crippen molar-refractivity contribution in [2.45, 2.75) is 17.7 Å². The van der Waals surface area contributed by atoms with Crippen LogP contribution in [0.5, 0.6) is 5.75 Å². The van der Waals surface area contributed by atoms with Gasteiger partial charge in [0.05, 0.1) is 27.5 Å². The highest BCUT2D eigenvalue weighted by Crippen LogP contribution is 2.39. The molecule has 0 saturated heterocycles. The van der Waals surface area contributed by atoms with Gasteiger partial charge in [-0.3, -0.25) is 9.69 Å². The number of halogens is 2. The predicted molar refractivity (Wildman–Crippen MR) is 130 cm³/mol. The lowest BCUT2D eigenvalue weighted by atomic mass is 10.3. The second-order valence-corrected chi connectivity index (χ2v) is 11.1. The van der Waals surface area contributed by atoms with Gasteiger partial charge in [-0.2, -0.15) is 0 Å². The summed E-state index contributed by atoms with van der Waals surface area (Å²) in [4.78, 5) is 21.2. The molecule has 0 N–H and O–H groups in total. The summed E-state index contributed by atoms with van der Waals surface area (Å²) in [5.41, 5.74) is 0.550. The molecule has 0 aliphatic rings. The van der Waals surface area contributed by atoms with Crippen LogP contribution in [0, 0.1) is 5.82 Å². The van der Waals surface area contributed by atoms with Gasteiger partial charge in [0, 0.05) is 13.0 Å². The fraction of sp³-hybridized carbons (Fsp3) is 0.364. The minimum absolute atomic E-state index is 0.0210. The third-order valence-corrected chi connectivity index (χ3v) is 8.21. The number of carbonyl (C=O) groups is 1. The van der Waals surface area contributed by atoms with Crippen molar-refractivity contribution in [3.05, 3.63) is 47.2 Å². The first-order valence-corrected chi connectivity index (χ1v) is 13.0. The second-order valence-electron chi connectivity index (χ2n) is 7.65. The SMILES string of the molecule is COc1ccc(Cl)c2sc(N(CCCN(C)C)C(=O)CCS(=O)(=O)c3ccc(F)cc3)nc12. The van der Waals surface area contributed by atoms with E-state index in [9.17, 15) is 17.6 Å². The number of methoxy groups -OCH3 is 1. The number of hydrogen-bond acceptors (Lipinski definition) is 7. The molecule has 3 aromatic rings. The molecule has 0 atom stereocenters. The third-order valence-electron chi connectivity index (χ3n) is 4.94. The van der Waals surface area contributed by atoms with E-state index in [2.05, 4.69) is 4.98 Å². The van der Waals surface area contributed by atoms with Gasteiger partial charge in [-0.25, -0.2) is 17.8 Å². The molecule has 0 saturated carbocycles. The van der Waals surface area contributed by atoms with Gasteiger partial charge >= 0.3 is 0 Å². The van der Waals surface area contributed by atoms with Crippen LogP contribution in [0.15, 0.2) is 41.3 Å². The summed E-state index contributed by atoms with van der Waals surface area (Å²) in [7, 11) is 1.65. The molecule has 178 valence electrons. The van der Waals surface area contributed by atoms with Gasteiger partial charge < -0.3 is 9.64 Å². The molecule has 3 rings (SSSR count). The van der Waals surface area contributed by atoms with Crippen molar-refractivity contribution < 1.29 is 22.3 Å². The Balaban J connectivity index is 1.85. The molecular formula is C22H25ClFN3O4S2. The lowest BCUT2D eigenvalue weighted by Crippen LogP contribution is -2.34. The average molecular weight is 514 g/mol. The van der Waals surface area contributed by atoms with Gasteiger partial charge in [0.2, 0.25) is 5.91 Å². The van der Waals surface area contributed by atoms with Crippen LogP contribution in [0.2, 0.25) is 5.02 Å². The molecule has 0 spiro atoms. The average Bonchev–Trinajstić information content (AvgIpc) is 3.21. The predicted octanol–water partition coefficient (Wildman–Crippen LogP) is 4.25. The van der Waals surface area contributed by atoms with Crippen LogP contribution in [-0.4, -0.2) is 64.3 Å². The topological polar surface area (TPSA) is 79.8 Å². The van der Waals surface area contributed by atoms with Crippen molar-refractivity contribution in [3.8, 4) is 5.75 Å². The number of amides is 1. The number of aromatic nitrogens is 1. The molecule has 0 radical (unpaired) electrons. The largest absolute Gasteiger partial charge is 0.494 e. The Hall–Kier alpha value is -2.27. The van der Waals surface area contributed by atoms with Crippen LogP contribution in [0.25, 0.3) is 10.2 Å². The Morgan fingerprint density at radius 3 is 2.48 bits per heavy atom. The van der Waals surface area contributed by atoms with Crippen molar-refractivity contribution in [1.29, 1.82) is 0 Å². The molecule has 7 nitrogen and oxygen atoms in total. The highest BCUT2D eigenvalue weighted by molar-refractivity contribution is 7.91. The maximum Gasteiger partial charge on any atom is 0.229 e. The van der Waals surface area contributed by atoms with Crippen LogP contribution in [-0.2, 0) is 14.6 Å². The van der Waals surface area contributed by atoms with Crippen LogP contribution < -0.4 is 9.64 Å². The van der Waals surface area contributed by atoms with E-state index in [1.807, 2.05) is 19.0 Å². The lowest BCUT2D eigenvalue weighted by molar-refractivity contribution is -0.118. The highest BCUT2D eigenvalue weighted by Gasteiger charge is 2.24. The fourth-order valence-corrected chi connectivity index (χ4v) is 5.74. The van der Waals surface area contributed by atoms with Crippen LogP contribution >= 0.6 is 22.9 Å². The summed E-state index contributed by atoms with van der Waals surface area (Å²) in [5.74, 6) is -0.747. The number of rotatable bonds is 10. The van der Waals surface area contributed by atoms with Crippen molar-refractivity contribution in [2.24, 2.45) is 0 Å². The number of benzene rings is 2. The number of thiazole rings is 1. The number of nitrogens with zero attached hydrogens (tertiary/aromatic N) is 3. The molecule has 0 unspecified atom stereocenters. The minimum Gasteiger partial charge on any atom is -0.494 e. The summed E-state index contributed by atoms with van der Waals surface area (Å²) in [6.45, 7) is 1.11. The maximum atomic E-state index is 13.2. The Morgan fingerprint density at radius 2 is 1.85 bits per heavy atom. The maximum absolute atomic E-state index is 13.2. The van der Waals surface area contributed by atoms with Gasteiger partial charge in [-0.05, 0) is 63.5 Å². The van der Waals surface area contributed by atoms with E-state index in [0.717, 1.165) is 18.7 Å². The number of anilines is 1. The van der Waals surface area contributed by atoms with E-state index in [1.54, 1.807) is 12.1 Å².